The first-order valence-electron chi connectivity index (χ1n) is 6.45. The number of ether oxygens (including phenoxy) is 1. The van der Waals surface area contributed by atoms with Crippen LogP contribution >= 0.6 is 11.6 Å². The number of anilines is 1. The zero-order valence-corrected chi connectivity index (χ0v) is 11.6. The van der Waals surface area contributed by atoms with E-state index in [-0.39, 0.29) is 6.10 Å². The van der Waals surface area contributed by atoms with Crippen LogP contribution in [0.4, 0.5) is 5.69 Å². The first kappa shape index (κ1) is 14.2. The highest BCUT2D eigenvalue weighted by Crippen LogP contribution is 2.33. The molecule has 1 aromatic carbocycles. The molecule has 0 aromatic heterocycles. The van der Waals surface area contributed by atoms with Gasteiger partial charge in [0.1, 0.15) is 5.54 Å². The molecule has 0 spiro atoms. The van der Waals surface area contributed by atoms with E-state index in [1.807, 2.05) is 19.1 Å². The van der Waals surface area contributed by atoms with Crippen molar-refractivity contribution in [3.63, 3.8) is 0 Å². The molecule has 5 heteroatoms. The predicted molar refractivity (Wildman–Crippen MR) is 74.7 cm³/mol. The molecule has 0 amide bonds. The van der Waals surface area contributed by atoms with Crippen LogP contribution in [0, 0.1) is 0 Å². The Labute approximate surface area is 117 Å². The number of nitrogens with one attached hydrogen (secondary N) is 1. The predicted octanol–water partition coefficient (Wildman–Crippen LogP) is 3.16. The average molecular weight is 284 g/mol. The molecule has 1 saturated heterocycles. The molecule has 2 rings (SSSR count). The summed E-state index contributed by atoms with van der Waals surface area (Å²) in [6.45, 7) is 2.44. The van der Waals surface area contributed by atoms with Gasteiger partial charge in [0.05, 0.1) is 16.8 Å². The fraction of sp³-hybridized carbons (Fsp3) is 0.500. The van der Waals surface area contributed by atoms with Gasteiger partial charge >= 0.3 is 5.97 Å². The summed E-state index contributed by atoms with van der Waals surface area (Å²) in [5.41, 5.74) is -0.340. The smallest absolute Gasteiger partial charge is 0.329 e. The lowest BCUT2D eigenvalue weighted by Gasteiger charge is -2.38. The average Bonchev–Trinajstić information content (AvgIpc) is 2.41. The van der Waals surface area contributed by atoms with Gasteiger partial charge in [0.15, 0.2) is 0 Å². The Balaban J connectivity index is 2.25. The first-order chi connectivity index (χ1) is 9.07. The summed E-state index contributed by atoms with van der Waals surface area (Å²) in [5, 5.41) is 13.2. The van der Waals surface area contributed by atoms with Crippen LogP contribution in [-0.4, -0.2) is 29.3 Å². The molecule has 2 unspecified atom stereocenters. The van der Waals surface area contributed by atoms with E-state index >= 15 is 0 Å². The molecule has 1 aliphatic rings. The zero-order valence-electron chi connectivity index (χ0n) is 10.9. The molecular formula is C14H18ClNO3. The second-order valence-electron chi connectivity index (χ2n) is 4.85. The lowest BCUT2D eigenvalue weighted by Crippen LogP contribution is -2.53. The SMILES string of the molecule is CCC1CC(Nc2ccccc2Cl)(C(=O)O)CCO1. The van der Waals surface area contributed by atoms with Gasteiger partial charge in [-0.05, 0) is 18.6 Å². The lowest BCUT2D eigenvalue weighted by atomic mass is 9.85. The maximum absolute atomic E-state index is 11.7. The largest absolute Gasteiger partial charge is 0.480 e. The van der Waals surface area contributed by atoms with Gasteiger partial charge in [-0.1, -0.05) is 30.7 Å². The number of carboxylic acid groups (broad SMARTS) is 1. The van der Waals surface area contributed by atoms with Crippen LogP contribution in [0.15, 0.2) is 24.3 Å². The fourth-order valence-electron chi connectivity index (χ4n) is 2.39. The number of hydrogen-bond donors (Lipinski definition) is 2. The van der Waals surface area contributed by atoms with E-state index in [9.17, 15) is 9.90 Å². The summed E-state index contributed by atoms with van der Waals surface area (Å²) in [5.74, 6) is -0.853. The zero-order chi connectivity index (χ0) is 13.9. The summed E-state index contributed by atoms with van der Waals surface area (Å²) >= 11 is 6.09. The fourth-order valence-corrected chi connectivity index (χ4v) is 2.58. The van der Waals surface area contributed by atoms with Gasteiger partial charge in [0, 0.05) is 19.4 Å². The van der Waals surface area contributed by atoms with E-state index in [1.54, 1.807) is 12.1 Å². The van der Waals surface area contributed by atoms with Crippen molar-refractivity contribution >= 4 is 23.3 Å². The molecule has 4 nitrogen and oxygen atoms in total. The molecule has 1 fully saturated rings. The molecule has 1 aliphatic heterocycles. The molecule has 0 aliphatic carbocycles. The Morgan fingerprint density at radius 2 is 2.32 bits per heavy atom. The van der Waals surface area contributed by atoms with Crippen LogP contribution < -0.4 is 5.32 Å². The van der Waals surface area contributed by atoms with Crippen molar-refractivity contribution in [3.05, 3.63) is 29.3 Å². The standard InChI is InChI=1S/C14H18ClNO3/c1-2-10-9-14(13(17)18,7-8-19-10)16-12-6-4-3-5-11(12)15/h3-6,10,16H,2,7-9H2,1H3,(H,17,18). The van der Waals surface area contributed by atoms with E-state index in [0.29, 0.717) is 30.2 Å². The third kappa shape index (κ3) is 3.01. The second kappa shape index (κ2) is 5.80. The molecule has 1 aromatic rings. The number of rotatable bonds is 4. The Morgan fingerprint density at radius 3 is 2.95 bits per heavy atom. The van der Waals surface area contributed by atoms with Crippen molar-refractivity contribution in [1.29, 1.82) is 0 Å². The molecule has 0 saturated carbocycles. The monoisotopic (exact) mass is 283 g/mol. The normalized spacial score (nSPS) is 26.9. The minimum atomic E-state index is -0.996. The van der Waals surface area contributed by atoms with Crippen LogP contribution in [0.5, 0.6) is 0 Å². The van der Waals surface area contributed by atoms with Crippen LogP contribution in [0.25, 0.3) is 0 Å². The van der Waals surface area contributed by atoms with Crippen molar-refractivity contribution in [2.45, 2.75) is 37.8 Å². The van der Waals surface area contributed by atoms with Crippen LogP contribution in [0.3, 0.4) is 0 Å². The number of halogens is 1. The molecule has 1 heterocycles. The Hall–Kier alpha value is -1.26. The van der Waals surface area contributed by atoms with Gasteiger partial charge in [-0.3, -0.25) is 0 Å². The maximum atomic E-state index is 11.7. The molecule has 104 valence electrons. The van der Waals surface area contributed by atoms with Gasteiger partial charge < -0.3 is 15.2 Å². The number of carbonyl (C=O) groups is 1. The summed E-state index contributed by atoms with van der Waals surface area (Å²) in [7, 11) is 0. The number of aliphatic carboxylic acids is 1. The van der Waals surface area contributed by atoms with E-state index in [1.165, 1.54) is 0 Å². The number of carboxylic acids is 1. The molecular weight excluding hydrogens is 266 g/mol. The van der Waals surface area contributed by atoms with E-state index in [4.69, 9.17) is 16.3 Å². The summed E-state index contributed by atoms with van der Waals surface area (Å²) in [6, 6.07) is 7.19. The molecule has 0 bridgehead atoms. The summed E-state index contributed by atoms with van der Waals surface area (Å²) < 4.78 is 5.56. The maximum Gasteiger partial charge on any atom is 0.329 e. The molecule has 2 N–H and O–H groups in total. The molecule has 19 heavy (non-hydrogen) atoms. The van der Waals surface area contributed by atoms with Gasteiger partial charge in [-0.2, -0.15) is 0 Å². The van der Waals surface area contributed by atoms with Gasteiger partial charge in [0.2, 0.25) is 0 Å². The van der Waals surface area contributed by atoms with Crippen molar-refractivity contribution in [1.82, 2.24) is 0 Å². The second-order valence-corrected chi connectivity index (χ2v) is 5.25. The lowest BCUT2D eigenvalue weighted by molar-refractivity contribution is -0.148. The van der Waals surface area contributed by atoms with Crippen LogP contribution in [-0.2, 0) is 9.53 Å². The highest BCUT2D eigenvalue weighted by atomic mass is 35.5. The van der Waals surface area contributed by atoms with Crippen molar-refractivity contribution < 1.29 is 14.6 Å². The minimum Gasteiger partial charge on any atom is -0.480 e. The Morgan fingerprint density at radius 1 is 1.58 bits per heavy atom. The first-order valence-corrected chi connectivity index (χ1v) is 6.83. The highest BCUT2D eigenvalue weighted by Gasteiger charge is 2.43. The molecule has 2 atom stereocenters. The number of benzene rings is 1. The topological polar surface area (TPSA) is 58.6 Å². The Kier molecular flexibility index (Phi) is 4.32. The highest BCUT2D eigenvalue weighted by molar-refractivity contribution is 6.33. The van der Waals surface area contributed by atoms with Gasteiger partial charge in [-0.15, -0.1) is 0 Å². The summed E-state index contributed by atoms with van der Waals surface area (Å²) in [6.07, 6.45) is 1.66. The van der Waals surface area contributed by atoms with Crippen molar-refractivity contribution in [3.8, 4) is 0 Å². The van der Waals surface area contributed by atoms with E-state index in [2.05, 4.69) is 5.32 Å². The van der Waals surface area contributed by atoms with Crippen molar-refractivity contribution in [2.24, 2.45) is 0 Å². The van der Waals surface area contributed by atoms with Gasteiger partial charge in [0.25, 0.3) is 0 Å². The molecule has 0 radical (unpaired) electrons. The Bertz CT molecular complexity index is 466. The third-order valence-corrected chi connectivity index (χ3v) is 3.90. The van der Waals surface area contributed by atoms with E-state index in [0.717, 1.165) is 6.42 Å². The number of para-hydroxylation sites is 1. The van der Waals surface area contributed by atoms with Crippen LogP contribution in [0.2, 0.25) is 5.02 Å². The number of hydrogen-bond acceptors (Lipinski definition) is 3. The van der Waals surface area contributed by atoms with Crippen molar-refractivity contribution in [2.75, 3.05) is 11.9 Å². The summed E-state index contributed by atoms with van der Waals surface area (Å²) in [4.78, 5) is 11.7. The van der Waals surface area contributed by atoms with Crippen LogP contribution in [0.1, 0.15) is 26.2 Å². The van der Waals surface area contributed by atoms with Gasteiger partial charge in [-0.25, -0.2) is 4.79 Å². The quantitative estimate of drug-likeness (QED) is 0.891. The van der Waals surface area contributed by atoms with E-state index < -0.39 is 11.5 Å². The minimum absolute atomic E-state index is 0.0279. The third-order valence-electron chi connectivity index (χ3n) is 3.57.